The Morgan fingerprint density at radius 3 is 2.07 bits per heavy atom. The molecule has 1 amide bonds. The smallest absolute Gasteiger partial charge is 0.233 e. The summed E-state index contributed by atoms with van der Waals surface area (Å²) in [5.74, 6) is 0.302. The van der Waals surface area contributed by atoms with E-state index in [1.54, 1.807) is 0 Å². The Morgan fingerprint density at radius 2 is 1.47 bits per heavy atom. The van der Waals surface area contributed by atoms with Crippen molar-refractivity contribution in [1.29, 1.82) is 0 Å². The van der Waals surface area contributed by atoms with E-state index in [1.165, 1.54) is 30.4 Å². The zero-order chi connectivity index (χ0) is 20.1. The summed E-state index contributed by atoms with van der Waals surface area (Å²) in [5, 5.41) is 0. The number of hydrogen-bond donors (Lipinski definition) is 0. The van der Waals surface area contributed by atoms with Crippen molar-refractivity contribution >= 4 is 18.3 Å². The average molecular weight is 427 g/mol. The van der Waals surface area contributed by atoms with Gasteiger partial charge in [-0.1, -0.05) is 79.9 Å². The lowest BCUT2D eigenvalue weighted by molar-refractivity contribution is -0.140. The summed E-state index contributed by atoms with van der Waals surface area (Å²) in [7, 11) is 2.04. The molecule has 2 aromatic carbocycles. The maximum Gasteiger partial charge on any atom is 0.233 e. The summed E-state index contributed by atoms with van der Waals surface area (Å²) in [6.07, 6.45) is 7.98. The molecular formula is C26H35ClN2O. The van der Waals surface area contributed by atoms with Crippen molar-refractivity contribution in [3.8, 4) is 0 Å². The highest BCUT2D eigenvalue weighted by Crippen LogP contribution is 2.42. The van der Waals surface area contributed by atoms with Gasteiger partial charge in [-0.25, -0.2) is 0 Å². The molecule has 1 aliphatic heterocycles. The Hall–Kier alpha value is -1.84. The first-order chi connectivity index (χ1) is 14.2. The first-order valence-electron chi connectivity index (χ1n) is 11.3. The molecule has 162 valence electrons. The van der Waals surface area contributed by atoms with Crippen molar-refractivity contribution in [2.75, 3.05) is 26.7 Å². The van der Waals surface area contributed by atoms with Crippen LogP contribution in [0.4, 0.5) is 0 Å². The van der Waals surface area contributed by atoms with Crippen LogP contribution in [0.2, 0.25) is 0 Å². The molecule has 0 bridgehead atoms. The quantitative estimate of drug-likeness (QED) is 0.599. The molecule has 1 aliphatic carbocycles. The Balaban J connectivity index is 0.00000256. The molecule has 2 fully saturated rings. The average Bonchev–Trinajstić information content (AvgIpc) is 3.31. The Morgan fingerprint density at radius 1 is 0.900 bits per heavy atom. The molecule has 4 heteroatoms. The standard InChI is InChI=1S/C26H34N2O.ClH/c1-27(24(21-28-19-11-12-20-28)22-13-5-2-6-14-22)25(29)26(17-9-4-10-18-26)23-15-7-3-8-16-23;/h2-3,5-8,13-16,24H,4,9-12,17-21H2,1H3;1H. The van der Waals surface area contributed by atoms with E-state index in [0.717, 1.165) is 45.3 Å². The molecule has 0 N–H and O–H groups in total. The van der Waals surface area contributed by atoms with E-state index < -0.39 is 0 Å². The summed E-state index contributed by atoms with van der Waals surface area (Å²) in [6, 6.07) is 21.3. The van der Waals surface area contributed by atoms with Gasteiger partial charge in [-0.05, 0) is 49.9 Å². The lowest BCUT2D eigenvalue weighted by atomic mass is 9.68. The van der Waals surface area contributed by atoms with E-state index in [1.807, 2.05) is 13.1 Å². The lowest BCUT2D eigenvalue weighted by Crippen LogP contribution is -2.49. The number of amides is 1. The van der Waals surface area contributed by atoms with Gasteiger partial charge in [0, 0.05) is 13.6 Å². The van der Waals surface area contributed by atoms with Crippen LogP contribution in [0.5, 0.6) is 0 Å². The molecule has 3 nitrogen and oxygen atoms in total. The van der Waals surface area contributed by atoms with Crippen molar-refractivity contribution in [1.82, 2.24) is 9.80 Å². The SMILES string of the molecule is CN(C(=O)C1(c2ccccc2)CCCCC1)C(CN1CCCC1)c1ccccc1.Cl. The number of nitrogens with zero attached hydrogens (tertiary/aromatic N) is 2. The molecule has 1 heterocycles. The molecule has 0 spiro atoms. The number of likely N-dealkylation sites (tertiary alicyclic amines) is 1. The largest absolute Gasteiger partial charge is 0.337 e. The van der Waals surface area contributed by atoms with E-state index in [4.69, 9.17) is 0 Å². The Labute approximate surface area is 187 Å². The molecule has 0 aromatic heterocycles. The number of likely N-dealkylation sites (N-methyl/N-ethyl adjacent to an activating group) is 1. The zero-order valence-electron chi connectivity index (χ0n) is 18.1. The summed E-state index contributed by atoms with van der Waals surface area (Å²) >= 11 is 0. The van der Waals surface area contributed by atoms with Gasteiger partial charge in [0.15, 0.2) is 0 Å². The number of carbonyl (C=O) groups excluding carboxylic acids is 1. The van der Waals surface area contributed by atoms with Crippen LogP contribution in [0.25, 0.3) is 0 Å². The van der Waals surface area contributed by atoms with Gasteiger partial charge in [0.2, 0.25) is 5.91 Å². The number of rotatable bonds is 6. The second-order valence-electron chi connectivity index (χ2n) is 8.86. The van der Waals surface area contributed by atoms with E-state index in [-0.39, 0.29) is 23.9 Å². The minimum atomic E-state index is -0.369. The van der Waals surface area contributed by atoms with Crippen LogP contribution in [-0.4, -0.2) is 42.4 Å². The van der Waals surface area contributed by atoms with Gasteiger partial charge < -0.3 is 9.80 Å². The normalized spacial score (nSPS) is 19.6. The molecule has 1 saturated heterocycles. The van der Waals surface area contributed by atoms with Gasteiger partial charge in [0.1, 0.15) is 0 Å². The predicted molar refractivity (Wildman–Crippen MR) is 126 cm³/mol. The van der Waals surface area contributed by atoms with Crippen molar-refractivity contribution in [2.24, 2.45) is 0 Å². The fraction of sp³-hybridized carbons (Fsp3) is 0.500. The molecular weight excluding hydrogens is 392 g/mol. The van der Waals surface area contributed by atoms with Crippen molar-refractivity contribution < 1.29 is 4.79 Å². The predicted octanol–water partition coefficient (Wildman–Crippen LogP) is 5.61. The third-order valence-corrected chi connectivity index (χ3v) is 7.04. The summed E-state index contributed by atoms with van der Waals surface area (Å²) < 4.78 is 0. The number of benzene rings is 2. The fourth-order valence-electron chi connectivity index (χ4n) is 5.35. The second kappa shape index (κ2) is 10.5. The number of halogens is 1. The van der Waals surface area contributed by atoms with Crippen molar-refractivity contribution in [3.63, 3.8) is 0 Å². The topological polar surface area (TPSA) is 23.6 Å². The number of hydrogen-bond acceptors (Lipinski definition) is 2. The highest BCUT2D eigenvalue weighted by atomic mass is 35.5. The zero-order valence-corrected chi connectivity index (χ0v) is 18.9. The van der Waals surface area contributed by atoms with Crippen molar-refractivity contribution in [3.05, 3.63) is 71.8 Å². The first kappa shape index (κ1) is 22.8. The minimum absolute atomic E-state index is 0. The van der Waals surface area contributed by atoms with E-state index in [2.05, 4.69) is 64.4 Å². The summed E-state index contributed by atoms with van der Waals surface area (Å²) in [5.41, 5.74) is 2.07. The molecule has 2 aliphatic rings. The molecule has 0 radical (unpaired) electrons. The molecule has 1 saturated carbocycles. The first-order valence-corrected chi connectivity index (χ1v) is 11.3. The van der Waals surface area contributed by atoms with E-state index >= 15 is 0 Å². The van der Waals surface area contributed by atoms with Crippen LogP contribution in [0.3, 0.4) is 0 Å². The van der Waals surface area contributed by atoms with Crippen LogP contribution >= 0.6 is 12.4 Å². The van der Waals surface area contributed by atoms with E-state index in [9.17, 15) is 4.79 Å². The highest BCUT2D eigenvalue weighted by molar-refractivity contribution is 5.88. The van der Waals surface area contributed by atoms with Gasteiger partial charge >= 0.3 is 0 Å². The maximum atomic E-state index is 14.1. The van der Waals surface area contributed by atoms with Crippen LogP contribution in [-0.2, 0) is 10.2 Å². The third-order valence-electron chi connectivity index (χ3n) is 7.04. The fourth-order valence-corrected chi connectivity index (χ4v) is 5.35. The van der Waals surface area contributed by atoms with Gasteiger partial charge in [0.05, 0.1) is 11.5 Å². The van der Waals surface area contributed by atoms with Gasteiger partial charge in [-0.2, -0.15) is 0 Å². The summed E-state index contributed by atoms with van der Waals surface area (Å²) in [4.78, 5) is 18.7. The Kier molecular flexibility index (Phi) is 7.96. The Bertz CT molecular complexity index is 783. The summed E-state index contributed by atoms with van der Waals surface area (Å²) in [6.45, 7) is 3.22. The van der Waals surface area contributed by atoms with Crippen LogP contribution in [0, 0.1) is 0 Å². The minimum Gasteiger partial charge on any atom is -0.337 e. The van der Waals surface area contributed by atoms with E-state index in [0.29, 0.717) is 5.91 Å². The second-order valence-corrected chi connectivity index (χ2v) is 8.86. The van der Waals surface area contributed by atoms with Crippen molar-refractivity contribution in [2.45, 2.75) is 56.4 Å². The number of carbonyl (C=O) groups is 1. The van der Waals surface area contributed by atoms with Gasteiger partial charge in [0.25, 0.3) is 0 Å². The molecule has 1 atom stereocenters. The lowest BCUT2D eigenvalue weighted by Gasteiger charge is -2.42. The molecule has 4 rings (SSSR count). The third kappa shape index (κ3) is 4.73. The van der Waals surface area contributed by atoms with Crippen LogP contribution in [0.1, 0.15) is 62.1 Å². The van der Waals surface area contributed by atoms with Gasteiger partial charge in [-0.3, -0.25) is 4.79 Å². The molecule has 2 aromatic rings. The monoisotopic (exact) mass is 426 g/mol. The highest BCUT2D eigenvalue weighted by Gasteiger charge is 2.44. The molecule has 30 heavy (non-hydrogen) atoms. The molecule has 1 unspecified atom stereocenters. The van der Waals surface area contributed by atoms with Gasteiger partial charge in [-0.15, -0.1) is 12.4 Å². The maximum absolute atomic E-state index is 14.1. The van der Waals surface area contributed by atoms with Crippen LogP contribution in [0.15, 0.2) is 60.7 Å². The van der Waals surface area contributed by atoms with Crippen LogP contribution < -0.4 is 0 Å².